The number of furan rings is 1. The molecule has 146 valence electrons. The van der Waals surface area contributed by atoms with Crippen molar-refractivity contribution in [2.24, 2.45) is 0 Å². The predicted molar refractivity (Wildman–Crippen MR) is 104 cm³/mol. The molecule has 0 N–H and O–H groups in total. The summed E-state index contributed by atoms with van der Waals surface area (Å²) in [6, 6.07) is 12.7. The lowest BCUT2D eigenvalue weighted by Crippen LogP contribution is -2.36. The number of esters is 1. The van der Waals surface area contributed by atoms with Gasteiger partial charge in [0, 0.05) is 25.6 Å². The van der Waals surface area contributed by atoms with Crippen molar-refractivity contribution in [3.8, 4) is 11.5 Å². The number of nitrogens with zero attached hydrogens (tertiary/aromatic N) is 2. The van der Waals surface area contributed by atoms with Gasteiger partial charge >= 0.3 is 5.97 Å². The van der Waals surface area contributed by atoms with Crippen LogP contribution in [0.15, 0.2) is 53.1 Å². The van der Waals surface area contributed by atoms with Gasteiger partial charge in [-0.1, -0.05) is 18.2 Å². The normalized spacial score (nSPS) is 10.8. The van der Waals surface area contributed by atoms with Crippen molar-refractivity contribution in [3.05, 3.63) is 54.3 Å². The zero-order valence-electron chi connectivity index (χ0n) is 15.9. The fraction of sp³-hybridized carbons (Fsp3) is 0.286. The topological polar surface area (TPSA) is 81.9 Å². The predicted octanol–water partition coefficient (Wildman–Crippen LogP) is 3.15. The first-order valence-corrected chi connectivity index (χ1v) is 8.92. The number of carbonyl (C=O) groups excluding carboxylic acids is 2. The molecule has 0 unspecified atom stereocenters. The second-order valence-electron chi connectivity index (χ2n) is 6.16. The number of carbonyl (C=O) groups is 2. The second kappa shape index (κ2) is 9.14. The number of fused-ring (bicyclic) bond motifs is 1. The minimum atomic E-state index is -0.369. The van der Waals surface area contributed by atoms with Crippen molar-refractivity contribution in [3.63, 3.8) is 0 Å². The molecule has 28 heavy (non-hydrogen) atoms. The Bertz CT molecular complexity index is 953. The summed E-state index contributed by atoms with van der Waals surface area (Å²) >= 11 is 0. The van der Waals surface area contributed by atoms with Gasteiger partial charge in [-0.2, -0.15) is 0 Å². The monoisotopic (exact) mass is 382 g/mol. The molecule has 7 heteroatoms. The zero-order chi connectivity index (χ0) is 19.9. The van der Waals surface area contributed by atoms with E-state index in [9.17, 15) is 9.59 Å². The van der Waals surface area contributed by atoms with E-state index in [0.717, 1.165) is 5.39 Å². The molecule has 2 heterocycles. The maximum absolute atomic E-state index is 13.3. The van der Waals surface area contributed by atoms with Crippen LogP contribution >= 0.6 is 0 Å². The third-order valence-electron chi connectivity index (χ3n) is 4.39. The van der Waals surface area contributed by atoms with E-state index in [2.05, 4.69) is 4.98 Å². The molecule has 0 aliphatic heterocycles. The lowest BCUT2D eigenvalue weighted by Gasteiger charge is -2.23. The van der Waals surface area contributed by atoms with E-state index >= 15 is 0 Å². The highest BCUT2D eigenvalue weighted by molar-refractivity contribution is 6.07. The van der Waals surface area contributed by atoms with Gasteiger partial charge in [0.15, 0.2) is 5.76 Å². The molecule has 1 amide bonds. The highest BCUT2D eigenvalue weighted by Crippen LogP contribution is 2.26. The standard InChI is InChI=1S/C21H22N2O5/c1-26-13-11-23(10-9-20(24)27-2)21(25)16-14-18(19-8-5-12-28-19)22-17-7-4-3-6-15(16)17/h3-8,12,14H,9-11,13H2,1-2H3. The number of benzene rings is 1. The fourth-order valence-electron chi connectivity index (χ4n) is 2.92. The van der Waals surface area contributed by atoms with E-state index in [1.54, 1.807) is 36.5 Å². The first-order chi connectivity index (χ1) is 13.6. The molecule has 0 bridgehead atoms. The van der Waals surface area contributed by atoms with Crippen molar-refractivity contribution in [2.75, 3.05) is 33.9 Å². The van der Waals surface area contributed by atoms with Gasteiger partial charge < -0.3 is 18.8 Å². The van der Waals surface area contributed by atoms with E-state index < -0.39 is 0 Å². The van der Waals surface area contributed by atoms with E-state index in [-0.39, 0.29) is 24.8 Å². The molecule has 0 aliphatic rings. The molecule has 2 aromatic heterocycles. The largest absolute Gasteiger partial charge is 0.469 e. The molecule has 0 fully saturated rings. The number of pyridine rings is 1. The minimum absolute atomic E-state index is 0.111. The molecule has 3 rings (SSSR count). The second-order valence-corrected chi connectivity index (χ2v) is 6.16. The Kier molecular flexibility index (Phi) is 6.39. The Morgan fingerprint density at radius 1 is 1.11 bits per heavy atom. The van der Waals surface area contributed by atoms with Crippen LogP contribution in [0.4, 0.5) is 0 Å². The van der Waals surface area contributed by atoms with Crippen molar-refractivity contribution in [2.45, 2.75) is 6.42 Å². The van der Waals surface area contributed by atoms with Gasteiger partial charge in [-0.3, -0.25) is 9.59 Å². The summed E-state index contributed by atoms with van der Waals surface area (Å²) in [7, 11) is 2.90. The smallest absolute Gasteiger partial charge is 0.307 e. The van der Waals surface area contributed by atoms with Crippen LogP contribution in [0.5, 0.6) is 0 Å². The van der Waals surface area contributed by atoms with Crippen LogP contribution in [0.25, 0.3) is 22.4 Å². The quantitative estimate of drug-likeness (QED) is 0.557. The lowest BCUT2D eigenvalue weighted by atomic mass is 10.1. The number of rotatable bonds is 8. The molecule has 7 nitrogen and oxygen atoms in total. The summed E-state index contributed by atoms with van der Waals surface area (Å²) in [4.78, 5) is 31.1. The minimum Gasteiger partial charge on any atom is -0.469 e. The SMILES string of the molecule is COCCN(CCC(=O)OC)C(=O)c1cc(-c2ccco2)nc2ccccc12. The highest BCUT2D eigenvalue weighted by atomic mass is 16.5. The maximum atomic E-state index is 13.3. The van der Waals surface area contributed by atoms with Crippen LogP contribution in [0.1, 0.15) is 16.8 Å². The van der Waals surface area contributed by atoms with Crippen LogP contribution in [0, 0.1) is 0 Å². The van der Waals surface area contributed by atoms with Gasteiger partial charge in [0.25, 0.3) is 5.91 Å². The van der Waals surface area contributed by atoms with Crippen LogP contribution < -0.4 is 0 Å². The number of ether oxygens (including phenoxy) is 2. The van der Waals surface area contributed by atoms with Crippen molar-refractivity contribution in [1.82, 2.24) is 9.88 Å². The molecular formula is C21H22N2O5. The van der Waals surface area contributed by atoms with E-state index in [1.165, 1.54) is 7.11 Å². The number of methoxy groups -OCH3 is 2. The van der Waals surface area contributed by atoms with Crippen LogP contribution in [0.3, 0.4) is 0 Å². The first kappa shape index (κ1) is 19.6. The Balaban J connectivity index is 2.00. The first-order valence-electron chi connectivity index (χ1n) is 8.92. The van der Waals surface area contributed by atoms with Crippen LogP contribution in [0.2, 0.25) is 0 Å². The van der Waals surface area contributed by atoms with Crippen LogP contribution in [-0.2, 0) is 14.3 Å². The van der Waals surface area contributed by atoms with Crippen molar-refractivity contribution in [1.29, 1.82) is 0 Å². The molecule has 0 aliphatic carbocycles. The Hall–Kier alpha value is -3.19. The van der Waals surface area contributed by atoms with E-state index in [0.29, 0.717) is 35.7 Å². The van der Waals surface area contributed by atoms with E-state index in [4.69, 9.17) is 13.9 Å². The van der Waals surface area contributed by atoms with Crippen molar-refractivity contribution >= 4 is 22.8 Å². The zero-order valence-corrected chi connectivity index (χ0v) is 15.9. The van der Waals surface area contributed by atoms with Gasteiger partial charge in [-0.15, -0.1) is 0 Å². The average molecular weight is 382 g/mol. The Labute approximate surface area is 162 Å². The maximum Gasteiger partial charge on any atom is 0.307 e. The Morgan fingerprint density at radius 2 is 1.93 bits per heavy atom. The van der Waals surface area contributed by atoms with Gasteiger partial charge in [-0.25, -0.2) is 4.98 Å². The third-order valence-corrected chi connectivity index (χ3v) is 4.39. The van der Waals surface area contributed by atoms with Gasteiger partial charge in [0.05, 0.1) is 37.5 Å². The van der Waals surface area contributed by atoms with Gasteiger partial charge in [0.1, 0.15) is 5.69 Å². The number of hydrogen-bond acceptors (Lipinski definition) is 6. The van der Waals surface area contributed by atoms with E-state index in [1.807, 2.05) is 24.3 Å². The lowest BCUT2D eigenvalue weighted by molar-refractivity contribution is -0.140. The van der Waals surface area contributed by atoms with Gasteiger partial charge in [0.2, 0.25) is 0 Å². The summed E-state index contributed by atoms with van der Waals surface area (Å²) in [6.07, 6.45) is 1.68. The van der Waals surface area contributed by atoms with Gasteiger partial charge in [-0.05, 0) is 24.3 Å². The summed E-state index contributed by atoms with van der Waals surface area (Å²) in [5.74, 6) is 0.0104. The average Bonchev–Trinajstić information content (AvgIpc) is 3.27. The number of aromatic nitrogens is 1. The molecule has 0 atom stereocenters. The molecule has 0 saturated carbocycles. The molecule has 0 radical (unpaired) electrons. The number of amides is 1. The van der Waals surface area contributed by atoms with Crippen molar-refractivity contribution < 1.29 is 23.5 Å². The fourth-order valence-corrected chi connectivity index (χ4v) is 2.92. The summed E-state index contributed by atoms with van der Waals surface area (Å²) in [5, 5.41) is 0.739. The molecule has 1 aromatic carbocycles. The molecule has 0 saturated heterocycles. The molecule has 0 spiro atoms. The summed E-state index contributed by atoms with van der Waals surface area (Å²) in [5.41, 5.74) is 1.77. The summed E-state index contributed by atoms with van der Waals surface area (Å²) in [6.45, 7) is 0.960. The number of hydrogen-bond donors (Lipinski definition) is 0. The molecule has 3 aromatic rings. The van der Waals surface area contributed by atoms with Crippen LogP contribution in [-0.4, -0.2) is 55.7 Å². The molecular weight excluding hydrogens is 360 g/mol. The Morgan fingerprint density at radius 3 is 2.64 bits per heavy atom. The third kappa shape index (κ3) is 4.37. The highest BCUT2D eigenvalue weighted by Gasteiger charge is 2.21. The summed E-state index contributed by atoms with van der Waals surface area (Å²) < 4.78 is 15.3. The number of para-hydroxylation sites is 1.